The van der Waals surface area contributed by atoms with Gasteiger partial charge in [0, 0.05) is 18.5 Å². The Kier molecular flexibility index (Phi) is 4.63. The van der Waals surface area contributed by atoms with Crippen LogP contribution in [-0.4, -0.2) is 48.3 Å². The summed E-state index contributed by atoms with van der Waals surface area (Å²) >= 11 is 1.32. The Bertz CT molecular complexity index is 1220. The molecular weight excluding hydrogens is 402 g/mol. The summed E-state index contributed by atoms with van der Waals surface area (Å²) in [4.78, 5) is 42.0. The molecule has 1 saturated carbocycles. The number of carbonyl (C=O) groups is 2. The summed E-state index contributed by atoms with van der Waals surface area (Å²) in [6.45, 7) is 3.92. The molecule has 30 heavy (non-hydrogen) atoms. The van der Waals surface area contributed by atoms with E-state index in [4.69, 9.17) is 4.74 Å². The lowest BCUT2D eigenvalue weighted by Gasteiger charge is -2.30. The Labute approximate surface area is 177 Å². The van der Waals surface area contributed by atoms with Crippen molar-refractivity contribution in [3.05, 3.63) is 43.3 Å². The normalized spacial score (nSPS) is 21.7. The highest BCUT2D eigenvalue weighted by molar-refractivity contribution is 7.07. The Morgan fingerprint density at radius 2 is 2.17 bits per heavy atom. The van der Waals surface area contributed by atoms with Crippen LogP contribution in [0.15, 0.2) is 23.0 Å². The Balaban J connectivity index is 1.51. The number of Topliss-reactive ketones (excluding diaryl/α,β-unsaturated/α-hetero) is 2. The quantitative estimate of drug-likeness (QED) is 0.732. The Morgan fingerprint density at radius 3 is 2.90 bits per heavy atom. The molecule has 5 rings (SSSR count). The van der Waals surface area contributed by atoms with Crippen molar-refractivity contribution in [3.63, 3.8) is 0 Å². The van der Waals surface area contributed by atoms with Crippen molar-refractivity contribution >= 4 is 40.2 Å². The molecule has 3 aliphatic rings. The van der Waals surface area contributed by atoms with Crippen molar-refractivity contribution in [2.24, 2.45) is 0 Å². The monoisotopic (exact) mass is 425 g/mol. The van der Waals surface area contributed by atoms with Crippen LogP contribution < -0.4 is 29.7 Å². The van der Waals surface area contributed by atoms with Crippen LogP contribution in [0.25, 0.3) is 11.6 Å². The van der Waals surface area contributed by atoms with E-state index >= 15 is 0 Å². The van der Waals surface area contributed by atoms with Crippen molar-refractivity contribution in [1.82, 2.24) is 10.3 Å². The molecule has 1 aliphatic carbocycles. The minimum Gasteiger partial charge on any atom is -0.490 e. The molecule has 2 aromatic rings. The number of H-pyrrole nitrogens is 1. The van der Waals surface area contributed by atoms with Crippen molar-refractivity contribution in [1.29, 1.82) is 0 Å². The molecule has 0 radical (unpaired) electrons. The van der Waals surface area contributed by atoms with Gasteiger partial charge in [0.25, 0.3) is 5.56 Å². The van der Waals surface area contributed by atoms with Crippen molar-refractivity contribution in [3.8, 4) is 5.75 Å². The van der Waals surface area contributed by atoms with Gasteiger partial charge in [-0.25, -0.2) is 0 Å². The highest BCUT2D eigenvalue weighted by atomic mass is 32.1. The first-order valence-corrected chi connectivity index (χ1v) is 11.1. The third-order valence-corrected chi connectivity index (χ3v) is 7.08. The number of fused-ring (bicyclic) bond motifs is 1. The molecule has 1 aromatic heterocycles. The van der Waals surface area contributed by atoms with Crippen molar-refractivity contribution in [2.75, 3.05) is 31.1 Å². The second-order valence-corrected chi connectivity index (χ2v) is 9.08. The number of rotatable bonds is 4. The summed E-state index contributed by atoms with van der Waals surface area (Å²) in [5.74, 6) is 1.04. The maximum absolute atomic E-state index is 12.6. The number of aromatic nitrogens is 1. The number of thiazole rings is 1. The van der Waals surface area contributed by atoms with Gasteiger partial charge in [0.05, 0.1) is 28.8 Å². The van der Waals surface area contributed by atoms with Crippen LogP contribution in [0.2, 0.25) is 0 Å². The van der Waals surface area contributed by atoms with E-state index in [0.717, 1.165) is 29.8 Å². The van der Waals surface area contributed by atoms with Crippen molar-refractivity contribution in [2.45, 2.75) is 31.7 Å². The first-order chi connectivity index (χ1) is 14.5. The molecule has 7 nitrogen and oxygen atoms in total. The van der Waals surface area contributed by atoms with E-state index in [1.807, 2.05) is 36.1 Å². The summed E-state index contributed by atoms with van der Waals surface area (Å²) in [7, 11) is 0. The fourth-order valence-electron chi connectivity index (χ4n) is 4.02. The summed E-state index contributed by atoms with van der Waals surface area (Å²) in [6, 6.07) is 5.73. The predicted molar refractivity (Wildman–Crippen MR) is 116 cm³/mol. The number of hydrogen-bond acceptors (Lipinski definition) is 7. The molecule has 1 aromatic carbocycles. The standard InChI is InChI=1S/C22H23N3O4S/c1-2-14(26)12-25-7-8-29-17-4-3-13(9-16(17)25)10-18-20(28)24-21(30-18)15-11-23-22(5-6-22)19(15)27/h3-4,9-10,23H,2,5-8,11-12H2,1H3,(H,24,28)/b18-10-,21-15+. The minimum absolute atomic E-state index is 0.119. The molecule has 156 valence electrons. The average molecular weight is 426 g/mol. The number of benzene rings is 1. The zero-order valence-electron chi connectivity index (χ0n) is 16.7. The molecule has 2 aliphatic heterocycles. The van der Waals surface area contributed by atoms with E-state index in [2.05, 4.69) is 10.3 Å². The molecule has 0 bridgehead atoms. The van der Waals surface area contributed by atoms with Crippen LogP contribution in [0.5, 0.6) is 5.75 Å². The molecule has 3 heterocycles. The highest BCUT2D eigenvalue weighted by Gasteiger charge is 2.54. The molecule has 0 amide bonds. The highest BCUT2D eigenvalue weighted by Crippen LogP contribution is 2.41. The number of ether oxygens (including phenoxy) is 1. The second-order valence-electron chi connectivity index (χ2n) is 8.03. The molecule has 2 fully saturated rings. The molecule has 1 saturated heterocycles. The van der Waals surface area contributed by atoms with E-state index in [-0.39, 0.29) is 22.7 Å². The van der Waals surface area contributed by atoms with E-state index in [1.54, 1.807) is 0 Å². The Hall–Kier alpha value is -2.71. The molecule has 8 heteroatoms. The van der Waals surface area contributed by atoms with Crippen LogP contribution in [0.1, 0.15) is 31.7 Å². The van der Waals surface area contributed by atoms with Gasteiger partial charge in [-0.05, 0) is 36.6 Å². The number of aromatic amines is 1. The third kappa shape index (κ3) is 3.30. The summed E-state index contributed by atoms with van der Waals surface area (Å²) in [5, 5.41) is 3.28. The van der Waals surface area contributed by atoms with Crippen LogP contribution in [0.3, 0.4) is 0 Å². The van der Waals surface area contributed by atoms with Gasteiger partial charge in [-0.1, -0.05) is 13.0 Å². The molecular formula is C22H23N3O4S. The van der Waals surface area contributed by atoms with Gasteiger partial charge in [-0.2, -0.15) is 0 Å². The van der Waals surface area contributed by atoms with Crippen LogP contribution in [0.4, 0.5) is 5.69 Å². The van der Waals surface area contributed by atoms with Crippen LogP contribution in [-0.2, 0) is 9.59 Å². The van der Waals surface area contributed by atoms with Gasteiger partial charge < -0.3 is 19.9 Å². The number of hydrogen-bond donors (Lipinski definition) is 2. The minimum atomic E-state index is -0.363. The van der Waals surface area contributed by atoms with E-state index in [1.165, 1.54) is 11.3 Å². The number of nitrogens with zero attached hydrogens (tertiary/aromatic N) is 1. The third-order valence-electron chi connectivity index (χ3n) is 6.00. The summed E-state index contributed by atoms with van der Waals surface area (Å²) in [6.07, 6.45) is 4.07. The molecule has 0 atom stereocenters. The first kappa shape index (κ1) is 19.3. The number of carbonyl (C=O) groups excluding carboxylic acids is 2. The van der Waals surface area contributed by atoms with Gasteiger partial charge >= 0.3 is 0 Å². The summed E-state index contributed by atoms with van der Waals surface area (Å²) in [5.41, 5.74) is 1.84. The average Bonchev–Trinajstić information content (AvgIpc) is 3.36. The van der Waals surface area contributed by atoms with Gasteiger partial charge in [0.2, 0.25) is 0 Å². The smallest absolute Gasteiger partial charge is 0.266 e. The largest absolute Gasteiger partial charge is 0.490 e. The van der Waals surface area contributed by atoms with Gasteiger partial charge in [-0.15, -0.1) is 11.3 Å². The summed E-state index contributed by atoms with van der Waals surface area (Å²) < 4.78 is 6.92. The fourth-order valence-corrected chi connectivity index (χ4v) is 5.01. The van der Waals surface area contributed by atoms with Gasteiger partial charge in [0.1, 0.15) is 17.0 Å². The lowest BCUT2D eigenvalue weighted by Crippen LogP contribution is -2.36. The van der Waals surface area contributed by atoms with Crippen LogP contribution in [0, 0.1) is 0 Å². The van der Waals surface area contributed by atoms with E-state index in [0.29, 0.717) is 47.4 Å². The fraction of sp³-hybridized carbons (Fsp3) is 0.409. The van der Waals surface area contributed by atoms with E-state index < -0.39 is 0 Å². The van der Waals surface area contributed by atoms with Gasteiger partial charge in [0.15, 0.2) is 11.6 Å². The lowest BCUT2D eigenvalue weighted by atomic mass is 10.1. The second kappa shape index (κ2) is 7.21. The number of ketones is 2. The Morgan fingerprint density at radius 1 is 1.33 bits per heavy atom. The zero-order chi connectivity index (χ0) is 20.9. The van der Waals surface area contributed by atoms with Gasteiger partial charge in [-0.3, -0.25) is 14.4 Å². The predicted octanol–water partition coefficient (Wildman–Crippen LogP) is 0.299. The number of nitrogens with one attached hydrogen (secondary N) is 2. The van der Waals surface area contributed by atoms with E-state index in [9.17, 15) is 14.4 Å². The topological polar surface area (TPSA) is 91.5 Å². The maximum Gasteiger partial charge on any atom is 0.266 e. The SMILES string of the molecule is CCC(=O)CN1CCOc2ccc(/C=c3\s/c(=C4\CNC5(CC5)C4=O)[nH]c3=O)cc21. The lowest BCUT2D eigenvalue weighted by molar-refractivity contribution is -0.117. The molecule has 2 N–H and O–H groups in total. The maximum atomic E-state index is 12.6. The first-order valence-electron chi connectivity index (χ1n) is 10.3. The molecule has 0 unspecified atom stereocenters. The number of anilines is 1. The van der Waals surface area contributed by atoms with Crippen LogP contribution >= 0.6 is 11.3 Å². The van der Waals surface area contributed by atoms with Crippen molar-refractivity contribution < 1.29 is 14.3 Å². The zero-order valence-corrected chi connectivity index (χ0v) is 17.6. The molecule has 1 spiro atoms.